The number of aryl methyl sites for hydroxylation is 2. The fourth-order valence-electron chi connectivity index (χ4n) is 8.34. The first-order valence-corrected chi connectivity index (χ1v) is 18.9. The molecule has 0 aromatic heterocycles. The highest BCUT2D eigenvalue weighted by Crippen LogP contribution is 2.49. The lowest BCUT2D eigenvalue weighted by atomic mass is 9.81. The predicted octanol–water partition coefficient (Wildman–Crippen LogP) is 14.7. The molecule has 8 aromatic rings. The summed E-state index contributed by atoms with van der Waals surface area (Å²) in [6, 6.07) is 68.9. The summed E-state index contributed by atoms with van der Waals surface area (Å²) in [7, 11) is 0. The van der Waals surface area contributed by atoms with Crippen LogP contribution in [-0.2, 0) is 5.41 Å². The summed E-state index contributed by atoms with van der Waals surface area (Å²) in [6.07, 6.45) is 0. The third kappa shape index (κ3) is 5.93. The topological polar surface area (TPSA) is 3.24 Å². The number of hydrogen-bond donors (Lipinski definition) is 0. The van der Waals surface area contributed by atoms with Gasteiger partial charge < -0.3 is 4.90 Å². The molecule has 0 unspecified atom stereocenters. The molecule has 0 spiro atoms. The average molecular weight is 694 g/mol. The lowest BCUT2D eigenvalue weighted by Gasteiger charge is -2.26. The van der Waals surface area contributed by atoms with Crippen LogP contribution in [0.4, 0.5) is 17.1 Å². The molecule has 8 aromatic carbocycles. The molecule has 0 fully saturated rings. The van der Waals surface area contributed by atoms with Crippen LogP contribution in [0.5, 0.6) is 0 Å². The van der Waals surface area contributed by atoms with Gasteiger partial charge in [0.2, 0.25) is 0 Å². The molecular formula is C53H43N. The fourth-order valence-corrected chi connectivity index (χ4v) is 8.34. The van der Waals surface area contributed by atoms with Crippen LogP contribution in [0.2, 0.25) is 0 Å². The monoisotopic (exact) mass is 693 g/mol. The highest BCUT2D eigenvalue weighted by Gasteiger charge is 2.35. The minimum absolute atomic E-state index is 0.0304. The van der Waals surface area contributed by atoms with Crippen molar-refractivity contribution < 1.29 is 0 Å². The van der Waals surface area contributed by atoms with Gasteiger partial charge in [0.05, 0.1) is 0 Å². The van der Waals surface area contributed by atoms with Gasteiger partial charge in [-0.1, -0.05) is 153 Å². The van der Waals surface area contributed by atoms with Crippen molar-refractivity contribution >= 4 is 17.1 Å². The molecule has 9 rings (SSSR count). The summed E-state index contributed by atoms with van der Waals surface area (Å²) in [5, 5.41) is 0. The van der Waals surface area contributed by atoms with E-state index in [0.29, 0.717) is 0 Å². The zero-order valence-electron chi connectivity index (χ0n) is 31.3. The lowest BCUT2D eigenvalue weighted by Crippen LogP contribution is -2.14. The first-order chi connectivity index (χ1) is 26.3. The van der Waals surface area contributed by atoms with E-state index in [1.165, 1.54) is 77.9 Å². The highest BCUT2D eigenvalue weighted by atomic mass is 15.1. The quantitative estimate of drug-likeness (QED) is 0.161. The van der Waals surface area contributed by atoms with Gasteiger partial charge in [0.1, 0.15) is 0 Å². The van der Waals surface area contributed by atoms with Gasteiger partial charge in [0.25, 0.3) is 0 Å². The van der Waals surface area contributed by atoms with Crippen molar-refractivity contribution in [3.63, 3.8) is 0 Å². The normalized spacial score (nSPS) is 12.6. The zero-order chi connectivity index (χ0) is 36.8. The first kappa shape index (κ1) is 33.4. The van der Waals surface area contributed by atoms with E-state index in [1.807, 2.05) is 0 Å². The highest BCUT2D eigenvalue weighted by molar-refractivity contribution is 5.85. The Morgan fingerprint density at radius 3 is 1.35 bits per heavy atom. The number of fused-ring (bicyclic) bond motifs is 3. The van der Waals surface area contributed by atoms with E-state index in [2.05, 4.69) is 221 Å². The molecule has 0 aliphatic heterocycles. The van der Waals surface area contributed by atoms with E-state index in [9.17, 15) is 0 Å². The van der Waals surface area contributed by atoms with Crippen molar-refractivity contribution in [3.8, 4) is 55.6 Å². The van der Waals surface area contributed by atoms with Crippen LogP contribution < -0.4 is 4.90 Å². The molecule has 1 aliphatic carbocycles. The van der Waals surface area contributed by atoms with Crippen LogP contribution in [0.1, 0.15) is 36.1 Å². The Balaban J connectivity index is 1.07. The minimum Gasteiger partial charge on any atom is -0.311 e. The summed E-state index contributed by atoms with van der Waals surface area (Å²) >= 11 is 0. The second-order valence-electron chi connectivity index (χ2n) is 15.1. The SMILES string of the molecule is Cc1ccccc1-c1cc(-c2ccc(N(c3ccc(-c4ccccc4)cc3)c3ccc(-c4ccc5c(c4)C(C)(C)c4ccccc4-5)cc3)cc2)ccc1C. The van der Waals surface area contributed by atoms with Gasteiger partial charge >= 0.3 is 0 Å². The summed E-state index contributed by atoms with van der Waals surface area (Å²) in [6.45, 7) is 9.08. The maximum Gasteiger partial charge on any atom is 0.0462 e. The minimum atomic E-state index is -0.0304. The molecule has 0 radical (unpaired) electrons. The summed E-state index contributed by atoms with van der Waals surface area (Å²) in [5.41, 5.74) is 21.3. The van der Waals surface area contributed by atoms with Crippen molar-refractivity contribution in [2.75, 3.05) is 4.90 Å². The van der Waals surface area contributed by atoms with Gasteiger partial charge in [-0.15, -0.1) is 0 Å². The molecule has 0 amide bonds. The Labute approximate surface area is 319 Å². The Hall–Kier alpha value is -6.44. The smallest absolute Gasteiger partial charge is 0.0462 e. The van der Waals surface area contributed by atoms with Crippen LogP contribution in [0, 0.1) is 13.8 Å². The van der Waals surface area contributed by atoms with Crippen molar-refractivity contribution in [1.82, 2.24) is 0 Å². The second-order valence-corrected chi connectivity index (χ2v) is 15.1. The predicted molar refractivity (Wildman–Crippen MR) is 230 cm³/mol. The summed E-state index contributed by atoms with van der Waals surface area (Å²) < 4.78 is 0. The zero-order valence-corrected chi connectivity index (χ0v) is 31.3. The second kappa shape index (κ2) is 13.5. The van der Waals surface area contributed by atoms with Crippen molar-refractivity contribution in [1.29, 1.82) is 0 Å². The van der Waals surface area contributed by atoms with Crippen molar-refractivity contribution in [2.24, 2.45) is 0 Å². The van der Waals surface area contributed by atoms with Crippen LogP contribution in [-0.4, -0.2) is 0 Å². The van der Waals surface area contributed by atoms with Crippen molar-refractivity contribution in [2.45, 2.75) is 33.1 Å². The largest absolute Gasteiger partial charge is 0.311 e. The van der Waals surface area contributed by atoms with Gasteiger partial charge in [-0.3, -0.25) is 0 Å². The van der Waals surface area contributed by atoms with Gasteiger partial charge in [-0.2, -0.15) is 0 Å². The Bertz CT molecular complexity index is 2610. The number of benzene rings is 8. The summed E-state index contributed by atoms with van der Waals surface area (Å²) in [5.74, 6) is 0. The molecule has 0 saturated carbocycles. The van der Waals surface area contributed by atoms with E-state index in [4.69, 9.17) is 0 Å². The number of nitrogens with zero attached hydrogens (tertiary/aromatic N) is 1. The summed E-state index contributed by atoms with van der Waals surface area (Å²) in [4.78, 5) is 2.36. The maximum absolute atomic E-state index is 2.40. The number of anilines is 3. The van der Waals surface area contributed by atoms with Gasteiger partial charge in [-0.05, 0) is 140 Å². The molecule has 1 nitrogen and oxygen atoms in total. The number of hydrogen-bond acceptors (Lipinski definition) is 1. The van der Waals surface area contributed by atoms with Gasteiger partial charge in [0, 0.05) is 22.5 Å². The molecule has 1 aliphatic rings. The van der Waals surface area contributed by atoms with E-state index in [1.54, 1.807) is 0 Å². The van der Waals surface area contributed by atoms with Gasteiger partial charge in [0.15, 0.2) is 0 Å². The maximum atomic E-state index is 2.40. The average Bonchev–Trinajstić information content (AvgIpc) is 3.45. The Kier molecular flexibility index (Phi) is 8.36. The molecule has 1 heteroatoms. The molecule has 0 saturated heterocycles. The van der Waals surface area contributed by atoms with Gasteiger partial charge in [-0.25, -0.2) is 0 Å². The van der Waals surface area contributed by atoms with Crippen LogP contribution in [0.25, 0.3) is 55.6 Å². The third-order valence-electron chi connectivity index (χ3n) is 11.4. The Morgan fingerprint density at radius 1 is 0.315 bits per heavy atom. The Morgan fingerprint density at radius 2 is 0.741 bits per heavy atom. The fraction of sp³-hybridized carbons (Fsp3) is 0.0943. The molecule has 0 bridgehead atoms. The molecule has 0 N–H and O–H groups in total. The van der Waals surface area contributed by atoms with Crippen LogP contribution in [0.15, 0.2) is 188 Å². The standard InChI is InChI=1S/C53H43N/c1-36-12-8-9-15-47(36)50-34-42(19-18-37(50)2)40-22-29-45(30-23-40)54(44-27-20-39(21-28-44)38-13-6-5-7-14-38)46-31-24-41(25-32-46)43-26-33-49-48-16-10-11-17-51(48)53(3,4)52(49)35-43/h5-35H,1-4H3. The van der Waals surface area contributed by atoms with E-state index in [0.717, 1.165) is 17.1 Å². The molecule has 0 heterocycles. The third-order valence-corrected chi connectivity index (χ3v) is 11.4. The first-order valence-electron chi connectivity index (χ1n) is 18.9. The van der Waals surface area contributed by atoms with E-state index < -0.39 is 0 Å². The molecule has 0 atom stereocenters. The van der Waals surface area contributed by atoms with Crippen molar-refractivity contribution in [3.05, 3.63) is 210 Å². The van der Waals surface area contributed by atoms with Crippen LogP contribution >= 0.6 is 0 Å². The molecular weight excluding hydrogens is 651 g/mol. The molecule has 54 heavy (non-hydrogen) atoms. The van der Waals surface area contributed by atoms with E-state index >= 15 is 0 Å². The lowest BCUT2D eigenvalue weighted by molar-refractivity contribution is 0.660. The number of rotatable bonds is 7. The van der Waals surface area contributed by atoms with E-state index in [-0.39, 0.29) is 5.41 Å². The molecule has 260 valence electrons. The van der Waals surface area contributed by atoms with Crippen LogP contribution in [0.3, 0.4) is 0 Å².